The third-order valence-electron chi connectivity index (χ3n) is 2.91. The standard InChI is InChI=1S/C11H21NO4/c1-14-5-4-11(13)12-7-10(16-3)6-9(12)8-15-2/h9-10H,4-8H2,1-3H3/t9-,10+/m0/s1. The SMILES string of the molecule is COCCC(=O)N1C[C@H](OC)C[C@H]1COC. The first-order valence-corrected chi connectivity index (χ1v) is 5.53. The highest BCUT2D eigenvalue weighted by Gasteiger charge is 2.34. The fraction of sp³-hybridized carbons (Fsp3) is 0.909. The van der Waals surface area contributed by atoms with Crippen LogP contribution in [0.2, 0.25) is 0 Å². The Bertz CT molecular complexity index is 222. The molecule has 0 N–H and O–H groups in total. The van der Waals surface area contributed by atoms with Gasteiger partial charge in [0.15, 0.2) is 0 Å². The minimum absolute atomic E-state index is 0.114. The van der Waals surface area contributed by atoms with Crippen molar-refractivity contribution in [2.24, 2.45) is 0 Å². The van der Waals surface area contributed by atoms with E-state index in [0.29, 0.717) is 26.2 Å². The van der Waals surface area contributed by atoms with Crippen molar-refractivity contribution in [3.8, 4) is 0 Å². The molecule has 0 aromatic heterocycles. The molecule has 1 aliphatic rings. The highest BCUT2D eigenvalue weighted by molar-refractivity contribution is 5.77. The lowest BCUT2D eigenvalue weighted by Gasteiger charge is -2.23. The molecule has 0 spiro atoms. The lowest BCUT2D eigenvalue weighted by atomic mass is 10.2. The van der Waals surface area contributed by atoms with E-state index < -0.39 is 0 Å². The molecule has 0 radical (unpaired) electrons. The minimum atomic E-state index is 0.114. The average molecular weight is 231 g/mol. The summed E-state index contributed by atoms with van der Waals surface area (Å²) in [4.78, 5) is 13.7. The van der Waals surface area contributed by atoms with Gasteiger partial charge in [-0.3, -0.25) is 4.79 Å². The maximum absolute atomic E-state index is 11.9. The molecule has 16 heavy (non-hydrogen) atoms. The van der Waals surface area contributed by atoms with Crippen molar-refractivity contribution >= 4 is 5.91 Å². The van der Waals surface area contributed by atoms with Gasteiger partial charge in [-0.05, 0) is 6.42 Å². The Balaban J connectivity index is 2.50. The fourth-order valence-electron chi connectivity index (χ4n) is 2.03. The van der Waals surface area contributed by atoms with Gasteiger partial charge in [-0.2, -0.15) is 0 Å². The first-order chi connectivity index (χ1) is 7.72. The molecule has 1 fully saturated rings. The van der Waals surface area contributed by atoms with Gasteiger partial charge < -0.3 is 19.1 Å². The molecule has 94 valence electrons. The van der Waals surface area contributed by atoms with Gasteiger partial charge in [-0.15, -0.1) is 0 Å². The Morgan fingerprint density at radius 3 is 2.62 bits per heavy atom. The number of carbonyl (C=O) groups is 1. The molecule has 0 saturated carbocycles. The van der Waals surface area contributed by atoms with E-state index in [0.717, 1.165) is 6.42 Å². The zero-order valence-corrected chi connectivity index (χ0v) is 10.3. The highest BCUT2D eigenvalue weighted by atomic mass is 16.5. The summed E-state index contributed by atoms with van der Waals surface area (Å²) < 4.78 is 15.3. The smallest absolute Gasteiger partial charge is 0.225 e. The monoisotopic (exact) mass is 231 g/mol. The molecule has 5 nitrogen and oxygen atoms in total. The number of nitrogens with zero attached hydrogens (tertiary/aromatic N) is 1. The van der Waals surface area contributed by atoms with E-state index in [4.69, 9.17) is 14.2 Å². The van der Waals surface area contributed by atoms with E-state index >= 15 is 0 Å². The third-order valence-corrected chi connectivity index (χ3v) is 2.91. The number of hydrogen-bond acceptors (Lipinski definition) is 4. The number of ether oxygens (including phenoxy) is 3. The van der Waals surface area contributed by atoms with Gasteiger partial charge in [0.1, 0.15) is 0 Å². The number of carbonyl (C=O) groups excluding carboxylic acids is 1. The largest absolute Gasteiger partial charge is 0.384 e. The number of hydrogen-bond donors (Lipinski definition) is 0. The highest BCUT2D eigenvalue weighted by Crippen LogP contribution is 2.21. The first kappa shape index (κ1) is 13.4. The van der Waals surface area contributed by atoms with E-state index in [1.54, 1.807) is 21.3 Å². The predicted molar refractivity (Wildman–Crippen MR) is 59.3 cm³/mol. The number of rotatable bonds is 6. The maximum Gasteiger partial charge on any atom is 0.225 e. The first-order valence-electron chi connectivity index (χ1n) is 5.53. The van der Waals surface area contributed by atoms with Crippen LogP contribution in [-0.4, -0.2) is 64.0 Å². The molecular weight excluding hydrogens is 210 g/mol. The van der Waals surface area contributed by atoms with E-state index in [1.165, 1.54) is 0 Å². The summed E-state index contributed by atoms with van der Waals surface area (Å²) in [5.41, 5.74) is 0. The molecule has 1 amide bonds. The van der Waals surface area contributed by atoms with Crippen LogP contribution >= 0.6 is 0 Å². The van der Waals surface area contributed by atoms with Crippen LogP contribution in [0.15, 0.2) is 0 Å². The average Bonchev–Trinajstić information content (AvgIpc) is 2.70. The van der Waals surface area contributed by atoms with E-state index in [9.17, 15) is 4.79 Å². The van der Waals surface area contributed by atoms with Crippen molar-refractivity contribution in [1.82, 2.24) is 4.90 Å². The summed E-state index contributed by atoms with van der Waals surface area (Å²) in [6.07, 6.45) is 1.41. The Hall–Kier alpha value is -0.650. The van der Waals surface area contributed by atoms with Gasteiger partial charge in [-0.25, -0.2) is 0 Å². The van der Waals surface area contributed by atoms with Crippen molar-refractivity contribution in [1.29, 1.82) is 0 Å². The van der Waals surface area contributed by atoms with Crippen LogP contribution in [-0.2, 0) is 19.0 Å². The molecule has 0 unspecified atom stereocenters. The molecule has 1 heterocycles. The topological polar surface area (TPSA) is 48.0 Å². The second kappa shape index (κ2) is 6.83. The Labute approximate surface area is 96.6 Å². The van der Waals surface area contributed by atoms with Crippen molar-refractivity contribution in [3.63, 3.8) is 0 Å². The normalized spacial score (nSPS) is 25.1. The minimum Gasteiger partial charge on any atom is -0.384 e. The summed E-state index contributed by atoms with van der Waals surface area (Å²) in [6, 6.07) is 0.138. The summed E-state index contributed by atoms with van der Waals surface area (Å²) in [5.74, 6) is 0.114. The van der Waals surface area contributed by atoms with Gasteiger partial charge in [-0.1, -0.05) is 0 Å². The lowest BCUT2D eigenvalue weighted by molar-refractivity contribution is -0.134. The molecule has 0 bridgehead atoms. The van der Waals surface area contributed by atoms with Crippen LogP contribution in [0.3, 0.4) is 0 Å². The second-order valence-electron chi connectivity index (χ2n) is 3.99. The quantitative estimate of drug-likeness (QED) is 0.659. The van der Waals surface area contributed by atoms with Gasteiger partial charge in [0.05, 0.1) is 31.8 Å². The van der Waals surface area contributed by atoms with Gasteiger partial charge >= 0.3 is 0 Å². The lowest BCUT2D eigenvalue weighted by Crippen LogP contribution is -2.38. The van der Waals surface area contributed by atoms with Crippen LogP contribution in [0.5, 0.6) is 0 Å². The Morgan fingerprint density at radius 2 is 2.06 bits per heavy atom. The molecule has 0 aliphatic carbocycles. The summed E-state index contributed by atoms with van der Waals surface area (Å²) >= 11 is 0. The molecule has 1 aliphatic heterocycles. The number of likely N-dealkylation sites (tertiary alicyclic amines) is 1. The fourth-order valence-corrected chi connectivity index (χ4v) is 2.03. The summed E-state index contributed by atoms with van der Waals surface area (Å²) in [6.45, 7) is 1.69. The molecule has 1 saturated heterocycles. The van der Waals surface area contributed by atoms with Gasteiger partial charge in [0.2, 0.25) is 5.91 Å². The van der Waals surface area contributed by atoms with Crippen molar-refractivity contribution < 1.29 is 19.0 Å². The zero-order valence-electron chi connectivity index (χ0n) is 10.3. The van der Waals surface area contributed by atoms with Crippen LogP contribution in [0.4, 0.5) is 0 Å². The molecule has 5 heteroatoms. The van der Waals surface area contributed by atoms with Crippen LogP contribution in [0, 0.1) is 0 Å². The van der Waals surface area contributed by atoms with Crippen LogP contribution in [0.25, 0.3) is 0 Å². The van der Waals surface area contributed by atoms with Crippen molar-refractivity contribution in [2.75, 3.05) is 41.1 Å². The van der Waals surface area contributed by atoms with Gasteiger partial charge in [0, 0.05) is 27.9 Å². The van der Waals surface area contributed by atoms with Gasteiger partial charge in [0.25, 0.3) is 0 Å². The summed E-state index contributed by atoms with van der Waals surface area (Å²) in [7, 11) is 4.93. The number of amides is 1. The van der Waals surface area contributed by atoms with E-state index in [1.807, 2.05) is 4.90 Å². The number of methoxy groups -OCH3 is 3. The predicted octanol–water partition coefficient (Wildman–Crippen LogP) is 0.285. The van der Waals surface area contributed by atoms with E-state index in [2.05, 4.69) is 0 Å². The molecule has 0 aromatic rings. The zero-order chi connectivity index (χ0) is 12.0. The summed E-state index contributed by atoms with van der Waals surface area (Å²) in [5, 5.41) is 0. The molecule has 1 rings (SSSR count). The van der Waals surface area contributed by atoms with E-state index in [-0.39, 0.29) is 18.1 Å². The van der Waals surface area contributed by atoms with Crippen LogP contribution < -0.4 is 0 Å². The second-order valence-corrected chi connectivity index (χ2v) is 3.99. The molecule has 0 aromatic carbocycles. The van der Waals surface area contributed by atoms with Crippen molar-refractivity contribution in [3.05, 3.63) is 0 Å². The van der Waals surface area contributed by atoms with Crippen LogP contribution in [0.1, 0.15) is 12.8 Å². The Kier molecular flexibility index (Phi) is 5.73. The van der Waals surface area contributed by atoms with Crippen molar-refractivity contribution in [2.45, 2.75) is 25.0 Å². The molecular formula is C11H21NO4. The maximum atomic E-state index is 11.9. The third kappa shape index (κ3) is 3.43. The molecule has 2 atom stereocenters. The Morgan fingerprint density at radius 1 is 1.31 bits per heavy atom.